The van der Waals surface area contributed by atoms with Crippen molar-refractivity contribution in [3.8, 4) is 0 Å². The number of carbonyl (C=O) groups excluding carboxylic acids is 1. The number of hydrogen-bond acceptors (Lipinski definition) is 4. The number of carbonyl (C=O) groups is 2. The molecule has 0 bridgehead atoms. The molecule has 0 saturated heterocycles. The van der Waals surface area contributed by atoms with Crippen LogP contribution in [-0.4, -0.2) is 55.2 Å². The maximum Gasteiger partial charge on any atom is 0.323 e. The zero-order valence-corrected chi connectivity index (χ0v) is 11.1. The molecule has 0 rings (SSSR count). The molecule has 8 heteroatoms. The molecule has 0 aromatic heterocycles. The zero-order chi connectivity index (χ0) is 13.8. The van der Waals surface area contributed by atoms with E-state index < -0.39 is 33.2 Å². The predicted molar refractivity (Wildman–Crippen MR) is 61.9 cm³/mol. The predicted octanol–water partition coefficient (Wildman–Crippen LogP) is -0.754. The van der Waals surface area contributed by atoms with E-state index in [1.54, 1.807) is 6.92 Å². The first kappa shape index (κ1) is 15.9. The van der Waals surface area contributed by atoms with Gasteiger partial charge in [0.1, 0.15) is 0 Å². The Morgan fingerprint density at radius 2 is 1.82 bits per heavy atom. The number of likely N-dealkylation sites (N-methyl/N-ethyl adjacent to an activating group) is 1. The van der Waals surface area contributed by atoms with Gasteiger partial charge in [-0.25, -0.2) is 13.1 Å². The highest BCUT2D eigenvalue weighted by atomic mass is 32.2. The number of nitrogens with zero attached hydrogens (tertiary/aromatic N) is 1. The first-order chi connectivity index (χ1) is 7.63. The van der Waals surface area contributed by atoms with Gasteiger partial charge in [0.2, 0.25) is 15.9 Å². The van der Waals surface area contributed by atoms with E-state index in [1.165, 1.54) is 18.9 Å². The highest BCUT2D eigenvalue weighted by Gasteiger charge is 2.31. The second-order valence-corrected chi connectivity index (χ2v) is 5.75. The summed E-state index contributed by atoms with van der Waals surface area (Å²) in [6, 6.07) is -0.980. The van der Waals surface area contributed by atoms with Gasteiger partial charge in [0.05, 0.1) is 6.04 Å². The molecule has 0 radical (unpaired) electrons. The summed E-state index contributed by atoms with van der Waals surface area (Å²) < 4.78 is 25.1. The molecule has 2 unspecified atom stereocenters. The summed E-state index contributed by atoms with van der Waals surface area (Å²) in [6.45, 7) is 4.62. The van der Waals surface area contributed by atoms with Crippen LogP contribution in [0.15, 0.2) is 0 Å². The molecule has 0 fully saturated rings. The second kappa shape index (κ2) is 5.97. The average Bonchev–Trinajstić information content (AvgIpc) is 2.24. The summed E-state index contributed by atoms with van der Waals surface area (Å²) in [7, 11) is -2.51. The molecule has 17 heavy (non-hydrogen) atoms. The third-order valence-corrected chi connectivity index (χ3v) is 4.19. The summed E-state index contributed by atoms with van der Waals surface area (Å²) in [5, 5.41) is 7.02. The summed E-state index contributed by atoms with van der Waals surface area (Å²) in [5.41, 5.74) is 0. The van der Waals surface area contributed by atoms with Gasteiger partial charge >= 0.3 is 5.97 Å². The minimum Gasteiger partial charge on any atom is -0.480 e. The van der Waals surface area contributed by atoms with E-state index in [4.69, 9.17) is 5.11 Å². The smallest absolute Gasteiger partial charge is 0.323 e. The lowest BCUT2D eigenvalue weighted by molar-refractivity contribution is -0.136. The van der Waals surface area contributed by atoms with Gasteiger partial charge in [0.25, 0.3) is 0 Å². The summed E-state index contributed by atoms with van der Waals surface area (Å²) in [4.78, 5) is 23.5. The minimum atomic E-state index is -4.04. The fourth-order valence-corrected chi connectivity index (χ4v) is 2.08. The summed E-state index contributed by atoms with van der Waals surface area (Å²) in [6.07, 6.45) is 0. The molecule has 0 saturated carbocycles. The first-order valence-corrected chi connectivity index (χ1v) is 6.67. The van der Waals surface area contributed by atoms with Crippen molar-refractivity contribution >= 4 is 21.9 Å². The number of rotatable bonds is 6. The van der Waals surface area contributed by atoms with Crippen LogP contribution in [0.25, 0.3) is 0 Å². The lowest BCUT2D eigenvalue weighted by atomic mass is 10.3. The fraction of sp³-hybridized carbons (Fsp3) is 0.778. The molecule has 0 aromatic carbocycles. The molecular weight excluding hydrogens is 248 g/mol. The van der Waals surface area contributed by atoms with Gasteiger partial charge in [-0.3, -0.25) is 9.59 Å². The highest BCUT2D eigenvalue weighted by Crippen LogP contribution is 2.01. The van der Waals surface area contributed by atoms with Gasteiger partial charge in [-0.1, -0.05) is 0 Å². The molecule has 7 nitrogen and oxygen atoms in total. The van der Waals surface area contributed by atoms with Gasteiger partial charge in [0.15, 0.2) is 5.25 Å². The molecule has 0 aromatic rings. The van der Waals surface area contributed by atoms with Gasteiger partial charge in [-0.2, -0.15) is 0 Å². The molecule has 2 N–H and O–H groups in total. The zero-order valence-electron chi connectivity index (χ0n) is 10.3. The van der Waals surface area contributed by atoms with Crippen LogP contribution < -0.4 is 4.72 Å². The van der Waals surface area contributed by atoms with Crippen LogP contribution in [-0.2, 0) is 19.6 Å². The quantitative estimate of drug-likeness (QED) is 0.658. The molecule has 0 aliphatic carbocycles. The van der Waals surface area contributed by atoms with Crippen molar-refractivity contribution in [3.63, 3.8) is 0 Å². The van der Waals surface area contributed by atoms with Crippen molar-refractivity contribution in [1.82, 2.24) is 9.62 Å². The Morgan fingerprint density at radius 1 is 1.35 bits per heavy atom. The standard InChI is InChI=1S/C9H18N2O5S/c1-5-11(4)8(12)6(2)10-17(15,16)7(3)9(13)14/h6-7,10H,5H2,1-4H3,(H,13,14). The van der Waals surface area contributed by atoms with Crippen LogP contribution in [0.5, 0.6) is 0 Å². The van der Waals surface area contributed by atoms with Crippen molar-refractivity contribution in [2.45, 2.75) is 32.1 Å². The number of hydrogen-bond donors (Lipinski definition) is 2. The molecular formula is C9H18N2O5S. The Hall–Kier alpha value is -1.15. The highest BCUT2D eigenvalue weighted by molar-refractivity contribution is 7.90. The number of carboxylic acid groups (broad SMARTS) is 1. The van der Waals surface area contributed by atoms with Crippen LogP contribution in [0, 0.1) is 0 Å². The summed E-state index contributed by atoms with van der Waals surface area (Å²) >= 11 is 0. The van der Waals surface area contributed by atoms with E-state index in [0.717, 1.165) is 6.92 Å². The molecule has 100 valence electrons. The number of nitrogens with one attached hydrogen (secondary N) is 1. The Bertz CT molecular complexity index is 392. The average molecular weight is 266 g/mol. The van der Waals surface area contributed by atoms with Crippen molar-refractivity contribution in [3.05, 3.63) is 0 Å². The molecule has 0 aliphatic heterocycles. The maximum absolute atomic E-state index is 11.6. The second-order valence-electron chi connectivity index (χ2n) is 3.72. The molecule has 0 heterocycles. The SMILES string of the molecule is CCN(C)C(=O)C(C)NS(=O)(=O)C(C)C(=O)O. The van der Waals surface area contributed by atoms with Crippen molar-refractivity contribution < 1.29 is 23.1 Å². The molecule has 1 amide bonds. The van der Waals surface area contributed by atoms with Crippen LogP contribution in [0.1, 0.15) is 20.8 Å². The largest absolute Gasteiger partial charge is 0.480 e. The fourth-order valence-electron chi connectivity index (χ4n) is 1.02. The van der Waals surface area contributed by atoms with E-state index in [1.807, 2.05) is 0 Å². The number of amides is 1. The number of carboxylic acids is 1. The van der Waals surface area contributed by atoms with Crippen molar-refractivity contribution in [2.24, 2.45) is 0 Å². The Balaban J connectivity index is 4.74. The monoisotopic (exact) mass is 266 g/mol. The minimum absolute atomic E-state index is 0.409. The lowest BCUT2D eigenvalue weighted by Gasteiger charge is -2.21. The summed E-state index contributed by atoms with van der Waals surface area (Å²) in [5.74, 6) is -1.87. The van der Waals surface area contributed by atoms with Gasteiger partial charge in [-0.05, 0) is 20.8 Å². The van der Waals surface area contributed by atoms with Crippen LogP contribution >= 0.6 is 0 Å². The van der Waals surface area contributed by atoms with Gasteiger partial charge in [-0.15, -0.1) is 0 Å². The topological polar surface area (TPSA) is 104 Å². The van der Waals surface area contributed by atoms with E-state index in [2.05, 4.69) is 4.72 Å². The normalized spacial score (nSPS) is 15.1. The van der Waals surface area contributed by atoms with Crippen LogP contribution in [0.4, 0.5) is 0 Å². The maximum atomic E-state index is 11.6. The number of sulfonamides is 1. The third kappa shape index (κ3) is 4.31. The van der Waals surface area contributed by atoms with Crippen molar-refractivity contribution in [2.75, 3.05) is 13.6 Å². The van der Waals surface area contributed by atoms with Crippen LogP contribution in [0.2, 0.25) is 0 Å². The van der Waals surface area contributed by atoms with Gasteiger partial charge in [0, 0.05) is 13.6 Å². The van der Waals surface area contributed by atoms with Crippen LogP contribution in [0.3, 0.4) is 0 Å². The Labute approximate surface area is 101 Å². The van der Waals surface area contributed by atoms with E-state index >= 15 is 0 Å². The Morgan fingerprint density at radius 3 is 2.18 bits per heavy atom. The van der Waals surface area contributed by atoms with E-state index in [0.29, 0.717) is 6.54 Å². The number of aliphatic carboxylic acids is 1. The third-order valence-electron chi connectivity index (χ3n) is 2.38. The molecule has 0 spiro atoms. The Kier molecular flexibility index (Phi) is 5.56. The lowest BCUT2D eigenvalue weighted by Crippen LogP contribution is -2.49. The van der Waals surface area contributed by atoms with Crippen molar-refractivity contribution in [1.29, 1.82) is 0 Å². The molecule has 0 aliphatic rings. The van der Waals surface area contributed by atoms with Gasteiger partial charge < -0.3 is 10.0 Å². The van der Waals surface area contributed by atoms with E-state index in [-0.39, 0.29) is 0 Å². The van der Waals surface area contributed by atoms with E-state index in [9.17, 15) is 18.0 Å². The first-order valence-electron chi connectivity index (χ1n) is 5.12. The molecule has 2 atom stereocenters.